The summed E-state index contributed by atoms with van der Waals surface area (Å²) >= 11 is 0. The van der Waals surface area contributed by atoms with E-state index in [9.17, 15) is 4.79 Å². The van der Waals surface area contributed by atoms with Crippen LogP contribution in [-0.4, -0.2) is 28.2 Å². The molecule has 122 valence electrons. The van der Waals surface area contributed by atoms with Gasteiger partial charge in [-0.05, 0) is 31.9 Å². The number of rotatable bonds is 6. The lowest BCUT2D eigenvalue weighted by molar-refractivity contribution is -0.144. The second-order valence-corrected chi connectivity index (χ2v) is 5.82. The molecule has 23 heavy (non-hydrogen) atoms. The molecule has 1 unspecified atom stereocenters. The maximum Gasteiger partial charge on any atom is 0.328 e. The van der Waals surface area contributed by atoms with Crippen molar-refractivity contribution in [3.63, 3.8) is 0 Å². The number of nitrogens with one attached hydrogen (secondary N) is 1. The van der Waals surface area contributed by atoms with Gasteiger partial charge < -0.3 is 14.6 Å². The zero-order valence-electron chi connectivity index (χ0n) is 13.5. The standard InChI is InChI=1S/C18H23N3O2/c1-2-23-18(22)16(19-14-8-4-3-5-9-14)12-15-13-21-11-7-6-10-17(21)20-15/h3-5,8-9,13,16,19H,2,6-7,10-12H2,1H3. The maximum absolute atomic E-state index is 12.3. The summed E-state index contributed by atoms with van der Waals surface area (Å²) in [5.74, 6) is 0.899. The van der Waals surface area contributed by atoms with Gasteiger partial charge in [0.15, 0.2) is 0 Å². The lowest BCUT2D eigenvalue weighted by Gasteiger charge is -2.17. The molecule has 0 aliphatic carbocycles. The van der Waals surface area contributed by atoms with E-state index in [0.29, 0.717) is 13.0 Å². The topological polar surface area (TPSA) is 56.2 Å². The maximum atomic E-state index is 12.3. The smallest absolute Gasteiger partial charge is 0.328 e. The molecular weight excluding hydrogens is 290 g/mol. The number of hydrogen-bond donors (Lipinski definition) is 1. The van der Waals surface area contributed by atoms with E-state index in [-0.39, 0.29) is 5.97 Å². The molecule has 1 aromatic heterocycles. The number of carbonyl (C=O) groups excluding carboxylic acids is 1. The highest BCUT2D eigenvalue weighted by Gasteiger charge is 2.22. The third-order valence-corrected chi connectivity index (χ3v) is 4.06. The van der Waals surface area contributed by atoms with Gasteiger partial charge in [0, 0.05) is 31.3 Å². The first-order valence-electron chi connectivity index (χ1n) is 8.29. The van der Waals surface area contributed by atoms with Crippen LogP contribution in [0.15, 0.2) is 36.5 Å². The summed E-state index contributed by atoms with van der Waals surface area (Å²) in [6.07, 6.45) is 6.03. The first kappa shape index (κ1) is 15.6. The fourth-order valence-corrected chi connectivity index (χ4v) is 2.95. The fraction of sp³-hybridized carbons (Fsp3) is 0.444. The fourth-order valence-electron chi connectivity index (χ4n) is 2.95. The van der Waals surface area contributed by atoms with Crippen LogP contribution in [0.1, 0.15) is 31.3 Å². The van der Waals surface area contributed by atoms with E-state index >= 15 is 0 Å². The van der Waals surface area contributed by atoms with Crippen molar-refractivity contribution in [3.05, 3.63) is 48.0 Å². The van der Waals surface area contributed by atoms with Gasteiger partial charge in [-0.3, -0.25) is 0 Å². The van der Waals surface area contributed by atoms with E-state index in [1.54, 1.807) is 0 Å². The van der Waals surface area contributed by atoms with Gasteiger partial charge in [0.2, 0.25) is 0 Å². The third-order valence-electron chi connectivity index (χ3n) is 4.06. The van der Waals surface area contributed by atoms with Gasteiger partial charge in [0.05, 0.1) is 12.3 Å². The Labute approximate surface area is 136 Å². The summed E-state index contributed by atoms with van der Waals surface area (Å²) in [7, 11) is 0. The van der Waals surface area contributed by atoms with E-state index in [4.69, 9.17) is 4.74 Å². The van der Waals surface area contributed by atoms with Crippen molar-refractivity contribution in [3.8, 4) is 0 Å². The second-order valence-electron chi connectivity index (χ2n) is 5.82. The SMILES string of the molecule is CCOC(=O)C(Cc1cn2c(n1)CCCC2)Nc1ccccc1. The number of imidazole rings is 1. The Balaban J connectivity index is 1.75. The first-order chi connectivity index (χ1) is 11.3. The van der Waals surface area contributed by atoms with Crippen molar-refractivity contribution in [1.29, 1.82) is 0 Å². The summed E-state index contributed by atoms with van der Waals surface area (Å²) in [6.45, 7) is 3.23. The number of esters is 1. The van der Waals surface area contributed by atoms with Crippen molar-refractivity contribution >= 4 is 11.7 Å². The van der Waals surface area contributed by atoms with Crippen LogP contribution in [0.4, 0.5) is 5.69 Å². The van der Waals surface area contributed by atoms with Crippen molar-refractivity contribution in [1.82, 2.24) is 9.55 Å². The number of carbonyl (C=O) groups is 1. The van der Waals surface area contributed by atoms with Gasteiger partial charge in [-0.1, -0.05) is 18.2 Å². The average molecular weight is 313 g/mol. The second kappa shape index (κ2) is 7.31. The number of anilines is 1. The lowest BCUT2D eigenvalue weighted by Crippen LogP contribution is -2.33. The minimum atomic E-state index is -0.422. The predicted octanol–water partition coefficient (Wildman–Crippen LogP) is 2.81. The Morgan fingerprint density at radius 3 is 2.91 bits per heavy atom. The van der Waals surface area contributed by atoms with Gasteiger partial charge >= 0.3 is 5.97 Å². The van der Waals surface area contributed by atoms with Crippen molar-refractivity contribution in [2.75, 3.05) is 11.9 Å². The number of aromatic nitrogens is 2. The molecule has 2 aromatic rings. The van der Waals surface area contributed by atoms with Crippen LogP contribution in [0, 0.1) is 0 Å². The van der Waals surface area contributed by atoms with E-state index < -0.39 is 6.04 Å². The third kappa shape index (κ3) is 3.92. The molecule has 0 saturated carbocycles. The molecule has 0 spiro atoms. The summed E-state index contributed by atoms with van der Waals surface area (Å²) in [4.78, 5) is 17.0. The van der Waals surface area contributed by atoms with E-state index in [0.717, 1.165) is 30.2 Å². The van der Waals surface area contributed by atoms with Crippen molar-refractivity contribution in [2.24, 2.45) is 0 Å². The molecule has 0 fully saturated rings. The first-order valence-corrected chi connectivity index (χ1v) is 8.29. The van der Waals surface area contributed by atoms with Gasteiger partial charge in [0.25, 0.3) is 0 Å². The van der Waals surface area contributed by atoms with Gasteiger partial charge in [-0.2, -0.15) is 0 Å². The van der Waals surface area contributed by atoms with Crippen LogP contribution in [0.3, 0.4) is 0 Å². The van der Waals surface area contributed by atoms with Crippen LogP contribution in [-0.2, 0) is 28.9 Å². The number of hydrogen-bond acceptors (Lipinski definition) is 4. The number of benzene rings is 1. The molecular formula is C18H23N3O2. The molecule has 1 atom stereocenters. The zero-order valence-corrected chi connectivity index (χ0v) is 13.5. The van der Waals surface area contributed by atoms with Crippen molar-refractivity contribution in [2.45, 2.75) is 45.2 Å². The molecule has 0 radical (unpaired) electrons. The molecule has 0 saturated heterocycles. The van der Waals surface area contributed by atoms with Gasteiger partial charge in [0.1, 0.15) is 11.9 Å². The highest BCUT2D eigenvalue weighted by molar-refractivity contribution is 5.79. The summed E-state index contributed by atoms with van der Waals surface area (Å²) in [5.41, 5.74) is 1.86. The van der Waals surface area contributed by atoms with Crippen LogP contribution in [0.2, 0.25) is 0 Å². The Morgan fingerprint density at radius 2 is 2.17 bits per heavy atom. The average Bonchev–Trinajstić information content (AvgIpc) is 2.98. The molecule has 3 rings (SSSR count). The normalized spacial score (nSPS) is 14.8. The van der Waals surface area contributed by atoms with E-state index in [1.807, 2.05) is 37.3 Å². The Hall–Kier alpha value is -2.30. The molecule has 0 bridgehead atoms. The van der Waals surface area contributed by atoms with Crippen LogP contribution >= 0.6 is 0 Å². The molecule has 5 nitrogen and oxygen atoms in total. The lowest BCUT2D eigenvalue weighted by atomic mass is 10.1. The van der Waals surface area contributed by atoms with E-state index in [1.165, 1.54) is 12.8 Å². The highest BCUT2D eigenvalue weighted by atomic mass is 16.5. The predicted molar refractivity (Wildman–Crippen MR) is 89.4 cm³/mol. The summed E-state index contributed by atoms with van der Waals surface area (Å²) in [5, 5.41) is 3.27. The molecule has 2 heterocycles. The molecule has 5 heteroatoms. The number of nitrogens with zero attached hydrogens (tertiary/aromatic N) is 2. The van der Waals surface area contributed by atoms with Crippen molar-refractivity contribution < 1.29 is 9.53 Å². The number of aryl methyl sites for hydroxylation is 2. The molecule has 1 aromatic carbocycles. The quantitative estimate of drug-likeness (QED) is 0.833. The Kier molecular flexibility index (Phi) is 4.95. The molecule has 1 aliphatic rings. The van der Waals surface area contributed by atoms with Crippen LogP contribution in [0.5, 0.6) is 0 Å². The minimum absolute atomic E-state index is 0.234. The highest BCUT2D eigenvalue weighted by Crippen LogP contribution is 2.17. The van der Waals surface area contributed by atoms with Gasteiger partial charge in [-0.15, -0.1) is 0 Å². The molecule has 1 N–H and O–H groups in total. The molecule has 1 aliphatic heterocycles. The van der Waals surface area contributed by atoms with Crippen LogP contribution in [0.25, 0.3) is 0 Å². The zero-order chi connectivity index (χ0) is 16.1. The Bertz CT molecular complexity index is 628. The van der Waals surface area contributed by atoms with Gasteiger partial charge in [-0.25, -0.2) is 9.78 Å². The summed E-state index contributed by atoms with van der Waals surface area (Å²) < 4.78 is 7.43. The number of ether oxygens (including phenoxy) is 1. The summed E-state index contributed by atoms with van der Waals surface area (Å²) in [6, 6.07) is 9.32. The van der Waals surface area contributed by atoms with Crippen LogP contribution < -0.4 is 5.32 Å². The molecule has 0 amide bonds. The largest absolute Gasteiger partial charge is 0.464 e. The monoisotopic (exact) mass is 313 g/mol. The van der Waals surface area contributed by atoms with E-state index in [2.05, 4.69) is 21.1 Å². The number of fused-ring (bicyclic) bond motifs is 1. The minimum Gasteiger partial charge on any atom is -0.464 e. The number of para-hydroxylation sites is 1. The Morgan fingerprint density at radius 1 is 1.35 bits per heavy atom.